The molecule has 1 aromatic carbocycles. The van der Waals surface area contributed by atoms with Gasteiger partial charge in [0.25, 0.3) is 0 Å². The van der Waals surface area contributed by atoms with Gasteiger partial charge in [0, 0.05) is 11.1 Å². The van der Waals surface area contributed by atoms with Crippen molar-refractivity contribution in [3.8, 4) is 0 Å². The van der Waals surface area contributed by atoms with Gasteiger partial charge >= 0.3 is 0 Å². The van der Waals surface area contributed by atoms with Crippen LogP contribution in [0.4, 0.5) is 0 Å². The number of benzene rings is 1. The van der Waals surface area contributed by atoms with Crippen molar-refractivity contribution in [2.24, 2.45) is 5.73 Å². The number of hydrogen-bond acceptors (Lipinski definition) is 2. The Balaban J connectivity index is 2.99. The van der Waals surface area contributed by atoms with Crippen LogP contribution in [0.3, 0.4) is 0 Å². The number of carbonyl (C=O) groups is 1. The van der Waals surface area contributed by atoms with Crippen molar-refractivity contribution in [2.75, 3.05) is 6.54 Å². The molecule has 0 saturated carbocycles. The topological polar surface area (TPSA) is 46.3 Å². The predicted octanol–water partition coefficient (Wildman–Crippen LogP) is 2.60. The maximum atomic E-state index is 11.8. The Labute approximate surface area is 108 Å². The molecule has 0 saturated heterocycles. The Morgan fingerprint density at radius 2 is 2.06 bits per heavy atom. The molecule has 94 valence electrons. The first-order chi connectivity index (χ1) is 7.97. The Hall–Kier alpha value is -1.06. The molecule has 1 aromatic rings. The van der Waals surface area contributed by atoms with Gasteiger partial charge in [-0.2, -0.15) is 0 Å². The van der Waals surface area contributed by atoms with E-state index in [9.17, 15) is 4.79 Å². The molecule has 0 aliphatic heterocycles. The van der Waals surface area contributed by atoms with E-state index in [4.69, 9.17) is 17.3 Å². The average molecular weight is 255 g/mol. The molecule has 0 fully saturated rings. The first kappa shape index (κ1) is 14.0. The molecule has 0 heterocycles. The van der Waals surface area contributed by atoms with Crippen molar-refractivity contribution in [1.82, 2.24) is 4.90 Å². The first-order valence-electron chi connectivity index (χ1n) is 5.74. The minimum Gasteiger partial charge on any atom is -0.332 e. The number of rotatable bonds is 4. The third-order valence-corrected chi connectivity index (χ3v) is 3.00. The summed E-state index contributed by atoms with van der Waals surface area (Å²) < 4.78 is 0. The SMILES string of the molecule is CC(C)N(C(=O)CN)[C@H](C)c1cccc(Cl)c1. The molecule has 3 nitrogen and oxygen atoms in total. The van der Waals surface area contributed by atoms with Gasteiger partial charge in [-0.25, -0.2) is 0 Å². The van der Waals surface area contributed by atoms with E-state index in [1.807, 2.05) is 45.0 Å². The van der Waals surface area contributed by atoms with E-state index < -0.39 is 0 Å². The largest absolute Gasteiger partial charge is 0.332 e. The average Bonchev–Trinajstić information content (AvgIpc) is 2.28. The second-order valence-corrected chi connectivity index (χ2v) is 4.77. The molecule has 0 unspecified atom stereocenters. The van der Waals surface area contributed by atoms with Crippen LogP contribution >= 0.6 is 11.6 Å². The summed E-state index contributed by atoms with van der Waals surface area (Å²) in [7, 11) is 0. The Morgan fingerprint density at radius 1 is 1.41 bits per heavy atom. The highest BCUT2D eigenvalue weighted by molar-refractivity contribution is 6.30. The van der Waals surface area contributed by atoms with E-state index in [2.05, 4.69) is 0 Å². The maximum absolute atomic E-state index is 11.8. The summed E-state index contributed by atoms with van der Waals surface area (Å²) in [4.78, 5) is 13.6. The van der Waals surface area contributed by atoms with Crippen LogP contribution in [-0.2, 0) is 4.79 Å². The number of halogens is 1. The van der Waals surface area contributed by atoms with Crippen LogP contribution in [0.1, 0.15) is 32.4 Å². The van der Waals surface area contributed by atoms with Crippen molar-refractivity contribution in [3.05, 3.63) is 34.9 Å². The Bertz CT molecular complexity index is 393. The normalized spacial score (nSPS) is 12.6. The first-order valence-corrected chi connectivity index (χ1v) is 6.11. The number of nitrogens with two attached hydrogens (primary N) is 1. The molecule has 0 aliphatic carbocycles. The van der Waals surface area contributed by atoms with Gasteiger partial charge in [0.2, 0.25) is 5.91 Å². The zero-order valence-electron chi connectivity index (χ0n) is 10.5. The molecule has 0 aliphatic rings. The quantitative estimate of drug-likeness (QED) is 0.898. The summed E-state index contributed by atoms with van der Waals surface area (Å²) in [5, 5.41) is 0.679. The molecule has 0 aromatic heterocycles. The molecule has 1 amide bonds. The van der Waals surface area contributed by atoms with Crippen molar-refractivity contribution in [2.45, 2.75) is 32.9 Å². The lowest BCUT2D eigenvalue weighted by Gasteiger charge is -2.33. The lowest BCUT2D eigenvalue weighted by Crippen LogP contribution is -2.42. The standard InChI is InChI=1S/C13H19ClN2O/c1-9(2)16(13(17)8-15)10(3)11-5-4-6-12(14)7-11/h4-7,9-10H,8,15H2,1-3H3/t10-/m1/s1. The van der Waals surface area contributed by atoms with Crippen LogP contribution in [0, 0.1) is 0 Å². The molecular formula is C13H19ClN2O. The van der Waals surface area contributed by atoms with Crippen LogP contribution in [0.5, 0.6) is 0 Å². The van der Waals surface area contributed by atoms with E-state index in [0.717, 1.165) is 5.56 Å². The minimum absolute atomic E-state index is 0.0234. The van der Waals surface area contributed by atoms with Crippen LogP contribution in [-0.4, -0.2) is 23.4 Å². The van der Waals surface area contributed by atoms with E-state index in [1.165, 1.54) is 0 Å². The summed E-state index contributed by atoms with van der Waals surface area (Å²) in [6, 6.07) is 7.65. The lowest BCUT2D eigenvalue weighted by atomic mass is 10.1. The molecule has 17 heavy (non-hydrogen) atoms. The van der Waals surface area contributed by atoms with E-state index >= 15 is 0 Å². The summed E-state index contributed by atoms with van der Waals surface area (Å²) in [6.45, 7) is 5.98. The maximum Gasteiger partial charge on any atom is 0.237 e. The fourth-order valence-corrected chi connectivity index (χ4v) is 2.18. The summed E-state index contributed by atoms with van der Waals surface area (Å²) in [6.07, 6.45) is 0. The van der Waals surface area contributed by atoms with Crippen LogP contribution in [0.2, 0.25) is 5.02 Å². The number of carbonyl (C=O) groups excluding carboxylic acids is 1. The summed E-state index contributed by atoms with van der Waals surface area (Å²) >= 11 is 5.96. The molecule has 4 heteroatoms. The van der Waals surface area contributed by atoms with Crippen molar-refractivity contribution < 1.29 is 4.79 Å². The molecule has 1 rings (SSSR count). The van der Waals surface area contributed by atoms with Crippen molar-refractivity contribution in [3.63, 3.8) is 0 Å². The minimum atomic E-state index is -0.0486. The Kier molecular flexibility index (Phi) is 4.97. The monoisotopic (exact) mass is 254 g/mol. The highest BCUT2D eigenvalue weighted by atomic mass is 35.5. The molecule has 0 radical (unpaired) electrons. The van der Waals surface area contributed by atoms with E-state index in [-0.39, 0.29) is 24.5 Å². The van der Waals surface area contributed by atoms with Gasteiger partial charge < -0.3 is 10.6 Å². The summed E-state index contributed by atoms with van der Waals surface area (Å²) in [5.74, 6) is -0.0486. The van der Waals surface area contributed by atoms with Gasteiger partial charge in [-0.15, -0.1) is 0 Å². The fraction of sp³-hybridized carbons (Fsp3) is 0.462. The van der Waals surface area contributed by atoms with Gasteiger partial charge in [-0.05, 0) is 38.5 Å². The lowest BCUT2D eigenvalue weighted by molar-refractivity contribution is -0.133. The van der Waals surface area contributed by atoms with Crippen molar-refractivity contribution in [1.29, 1.82) is 0 Å². The van der Waals surface area contributed by atoms with Crippen molar-refractivity contribution >= 4 is 17.5 Å². The van der Waals surface area contributed by atoms with Crippen LogP contribution in [0.25, 0.3) is 0 Å². The predicted molar refractivity (Wildman–Crippen MR) is 70.9 cm³/mol. The van der Waals surface area contributed by atoms with Gasteiger partial charge in [0.05, 0.1) is 12.6 Å². The fourth-order valence-electron chi connectivity index (χ4n) is 1.98. The van der Waals surface area contributed by atoms with Crippen LogP contribution < -0.4 is 5.73 Å². The molecule has 0 bridgehead atoms. The number of nitrogens with zero attached hydrogens (tertiary/aromatic N) is 1. The van der Waals surface area contributed by atoms with E-state index in [0.29, 0.717) is 5.02 Å². The zero-order chi connectivity index (χ0) is 13.0. The van der Waals surface area contributed by atoms with Gasteiger partial charge in [0.1, 0.15) is 0 Å². The molecule has 2 N–H and O–H groups in total. The smallest absolute Gasteiger partial charge is 0.237 e. The number of hydrogen-bond donors (Lipinski definition) is 1. The second-order valence-electron chi connectivity index (χ2n) is 4.33. The highest BCUT2D eigenvalue weighted by Gasteiger charge is 2.22. The third-order valence-electron chi connectivity index (χ3n) is 2.77. The summed E-state index contributed by atoms with van der Waals surface area (Å²) in [5.41, 5.74) is 6.46. The van der Waals surface area contributed by atoms with E-state index in [1.54, 1.807) is 4.90 Å². The molecule has 0 spiro atoms. The van der Waals surface area contributed by atoms with Gasteiger partial charge in [-0.1, -0.05) is 23.7 Å². The zero-order valence-corrected chi connectivity index (χ0v) is 11.2. The van der Waals surface area contributed by atoms with Gasteiger partial charge in [0.15, 0.2) is 0 Å². The second kappa shape index (κ2) is 6.03. The molecular weight excluding hydrogens is 236 g/mol. The van der Waals surface area contributed by atoms with Gasteiger partial charge in [-0.3, -0.25) is 4.79 Å². The Morgan fingerprint density at radius 3 is 2.53 bits per heavy atom. The highest BCUT2D eigenvalue weighted by Crippen LogP contribution is 2.24. The van der Waals surface area contributed by atoms with Crippen LogP contribution in [0.15, 0.2) is 24.3 Å². The number of amides is 1. The third kappa shape index (κ3) is 3.45. The molecule has 1 atom stereocenters.